The van der Waals surface area contributed by atoms with Gasteiger partial charge in [-0.3, -0.25) is 4.21 Å². The van der Waals surface area contributed by atoms with Gasteiger partial charge in [0.2, 0.25) is 0 Å². The van der Waals surface area contributed by atoms with Crippen molar-refractivity contribution in [2.75, 3.05) is 0 Å². The van der Waals surface area contributed by atoms with Gasteiger partial charge in [-0.05, 0) is 15.9 Å². The zero-order chi connectivity index (χ0) is 7.72. The molecule has 1 aromatic rings. The van der Waals surface area contributed by atoms with Gasteiger partial charge in [-0.25, -0.2) is 0 Å². The van der Waals surface area contributed by atoms with Crippen molar-refractivity contribution in [1.82, 2.24) is 15.0 Å². The Hall–Kier alpha value is 0.327. The Labute approximate surface area is 86.1 Å². The van der Waals surface area contributed by atoms with Crippen molar-refractivity contribution in [3.63, 3.8) is 0 Å². The summed E-state index contributed by atoms with van der Waals surface area (Å²) in [5.74, 6) is 0. The Bertz CT molecular complexity index is 278. The van der Waals surface area contributed by atoms with Crippen LogP contribution in [0.1, 0.15) is 0 Å². The average molecular weight is 232 g/mol. The molecule has 56 valence electrons. The molecule has 0 aliphatic carbocycles. The first-order chi connectivity index (χ1) is 4.61. The summed E-state index contributed by atoms with van der Waals surface area (Å²) in [7, 11) is 1.54. The summed E-state index contributed by atoms with van der Waals surface area (Å²) in [6.07, 6.45) is 0. The zero-order valence-corrected chi connectivity index (χ0v) is 8.35. The van der Waals surface area contributed by atoms with Gasteiger partial charge in [0, 0.05) is 18.1 Å². The molecule has 0 aliphatic heterocycles. The number of aromatic nitrogens is 3. The molecule has 1 unspecified atom stereocenters. The third-order valence-corrected chi connectivity index (χ3v) is 2.19. The number of hydrogen-bond acceptors (Lipinski definition) is 4. The number of nitrogens with zero attached hydrogens (tertiary/aromatic N) is 3. The smallest absolute Gasteiger partial charge is 0.767 e. The largest absolute Gasteiger partial charge is 1.00 e. The van der Waals surface area contributed by atoms with Crippen molar-refractivity contribution in [3.8, 4) is 0 Å². The van der Waals surface area contributed by atoms with Gasteiger partial charge in [0.1, 0.15) is 0 Å². The minimum Gasteiger partial charge on any atom is -0.767 e. The Balaban J connectivity index is 0.000001000. The molecule has 0 saturated carbocycles. The van der Waals surface area contributed by atoms with Gasteiger partial charge in [0.25, 0.3) is 0 Å². The Morgan fingerprint density at radius 1 is 1.64 bits per heavy atom. The van der Waals surface area contributed by atoms with Crippen molar-refractivity contribution >= 4 is 27.0 Å². The number of hydrogen-bond donors (Lipinski definition) is 0. The van der Waals surface area contributed by atoms with E-state index in [1.165, 1.54) is 4.80 Å². The monoisotopic (exact) mass is 231 g/mol. The summed E-state index contributed by atoms with van der Waals surface area (Å²) in [5, 5.41) is 7.15. The predicted molar refractivity (Wildman–Crippen MR) is 35.9 cm³/mol. The minimum absolute atomic E-state index is 0. The molecule has 11 heavy (non-hydrogen) atoms. The fourth-order valence-electron chi connectivity index (χ4n) is 0.467. The van der Waals surface area contributed by atoms with Gasteiger partial charge in [-0.15, -0.1) is 10.2 Å². The van der Waals surface area contributed by atoms with E-state index in [0.29, 0.717) is 0 Å². The number of halogens is 1. The molecule has 5 nitrogen and oxygen atoms in total. The van der Waals surface area contributed by atoms with Crippen molar-refractivity contribution in [2.24, 2.45) is 7.05 Å². The summed E-state index contributed by atoms with van der Waals surface area (Å²) in [5.41, 5.74) is 0. The van der Waals surface area contributed by atoms with E-state index >= 15 is 0 Å². The molecule has 0 aliphatic rings. The van der Waals surface area contributed by atoms with Crippen LogP contribution < -0.4 is 18.9 Å². The summed E-state index contributed by atoms with van der Waals surface area (Å²) < 4.78 is 20.8. The van der Waals surface area contributed by atoms with E-state index in [1.807, 2.05) is 0 Å². The summed E-state index contributed by atoms with van der Waals surface area (Å²) >= 11 is 0.619. The molecule has 1 atom stereocenters. The fourth-order valence-corrected chi connectivity index (χ4v) is 1.54. The van der Waals surface area contributed by atoms with Crippen LogP contribution in [0.3, 0.4) is 0 Å². The Morgan fingerprint density at radius 3 is 2.36 bits per heavy atom. The van der Waals surface area contributed by atoms with Crippen molar-refractivity contribution in [1.29, 1.82) is 0 Å². The van der Waals surface area contributed by atoms with Crippen LogP contribution in [0, 0.1) is 0 Å². The molecule has 1 aromatic heterocycles. The van der Waals surface area contributed by atoms with Crippen LogP contribution in [-0.2, 0) is 18.1 Å². The third kappa shape index (κ3) is 2.69. The molecule has 1 rings (SSSR count). The van der Waals surface area contributed by atoms with Crippen LogP contribution in [0.5, 0.6) is 0 Å². The van der Waals surface area contributed by atoms with E-state index in [-0.39, 0.29) is 28.5 Å². The first kappa shape index (κ1) is 11.3. The molecule has 0 spiro atoms. The summed E-state index contributed by atoms with van der Waals surface area (Å²) in [6, 6.07) is 0. The normalized spacial score (nSPS) is 12.3. The van der Waals surface area contributed by atoms with Gasteiger partial charge in [0.05, 0.1) is 0 Å². The third-order valence-electron chi connectivity index (χ3n) is 0.802. The molecule has 0 aromatic carbocycles. The summed E-state index contributed by atoms with van der Waals surface area (Å²) in [6.45, 7) is 0. The second-order valence-corrected chi connectivity index (χ2v) is 3.13. The number of rotatable bonds is 1. The van der Waals surface area contributed by atoms with Crippen LogP contribution in [0.15, 0.2) is 9.63 Å². The first-order valence-electron chi connectivity index (χ1n) is 2.27. The van der Waals surface area contributed by atoms with Crippen LogP contribution in [0.25, 0.3) is 0 Å². The first-order valence-corrected chi connectivity index (χ1v) is 4.14. The molecule has 0 bridgehead atoms. The van der Waals surface area contributed by atoms with E-state index in [1.54, 1.807) is 7.05 Å². The van der Waals surface area contributed by atoms with E-state index in [2.05, 4.69) is 26.1 Å². The Kier molecular flexibility index (Phi) is 4.51. The fraction of sp³-hybridized carbons (Fsp3) is 0.333. The summed E-state index contributed by atoms with van der Waals surface area (Å²) in [4.78, 5) is 1.18. The molecule has 0 N–H and O–H groups in total. The molecule has 0 saturated heterocycles. The van der Waals surface area contributed by atoms with E-state index < -0.39 is 11.1 Å². The zero-order valence-electron chi connectivity index (χ0n) is 5.94. The van der Waals surface area contributed by atoms with E-state index in [0.717, 1.165) is 0 Å². The van der Waals surface area contributed by atoms with Crippen molar-refractivity contribution in [2.45, 2.75) is 5.03 Å². The molecular formula is C3H3BrLiN3O2S. The molecule has 8 heteroatoms. The maximum atomic E-state index is 10.3. The quantitative estimate of drug-likeness (QED) is 0.378. The van der Waals surface area contributed by atoms with Gasteiger partial charge >= 0.3 is 18.9 Å². The molecule has 0 amide bonds. The Morgan fingerprint density at radius 2 is 2.18 bits per heavy atom. The minimum atomic E-state index is -2.31. The van der Waals surface area contributed by atoms with Gasteiger partial charge in [-0.1, -0.05) is 0 Å². The maximum absolute atomic E-state index is 10.3. The van der Waals surface area contributed by atoms with Crippen LogP contribution in [0.4, 0.5) is 0 Å². The number of aryl methyl sites for hydroxylation is 1. The molecule has 0 fully saturated rings. The van der Waals surface area contributed by atoms with E-state index in [9.17, 15) is 8.76 Å². The SMILES string of the molecule is Cn1nc(Br)c(S(=O)[O-])n1.[Li+]. The standard InChI is InChI=1S/C3H4BrN3O2S.Li/c1-7-5-2(4)3(6-7)10(8)9;/h1H3,(H,8,9);/q;+1/p-1. The van der Waals surface area contributed by atoms with Crippen LogP contribution >= 0.6 is 15.9 Å². The second-order valence-electron chi connectivity index (χ2n) is 1.52. The van der Waals surface area contributed by atoms with Crippen molar-refractivity contribution in [3.05, 3.63) is 4.60 Å². The van der Waals surface area contributed by atoms with Gasteiger partial charge in [-0.2, -0.15) is 4.80 Å². The topological polar surface area (TPSA) is 70.8 Å². The molecular weight excluding hydrogens is 229 g/mol. The average Bonchev–Trinajstić information content (AvgIpc) is 2.10. The van der Waals surface area contributed by atoms with Crippen LogP contribution in [0.2, 0.25) is 0 Å². The molecule has 1 heterocycles. The van der Waals surface area contributed by atoms with Gasteiger partial charge in [0.15, 0.2) is 9.63 Å². The predicted octanol–water partition coefficient (Wildman–Crippen LogP) is -3.18. The second kappa shape index (κ2) is 4.38. The maximum Gasteiger partial charge on any atom is 1.00 e. The van der Waals surface area contributed by atoms with Crippen LogP contribution in [-0.4, -0.2) is 23.8 Å². The molecule has 0 radical (unpaired) electrons. The van der Waals surface area contributed by atoms with Gasteiger partial charge < -0.3 is 4.55 Å². The van der Waals surface area contributed by atoms with Crippen molar-refractivity contribution < 1.29 is 27.6 Å². The van der Waals surface area contributed by atoms with E-state index in [4.69, 9.17) is 0 Å².